The zero-order chi connectivity index (χ0) is 19.3. The van der Waals surface area contributed by atoms with E-state index in [1.54, 1.807) is 0 Å². The van der Waals surface area contributed by atoms with Crippen molar-refractivity contribution in [2.45, 2.75) is 31.1 Å². The minimum absolute atomic E-state index is 0.0108. The lowest BCUT2D eigenvalue weighted by atomic mass is 10.0. The van der Waals surface area contributed by atoms with E-state index in [-0.39, 0.29) is 16.2 Å². The standard InChI is InChI=1S/C20H24N2O3S/c1-15(2)18-8-5-16(6-9-18)11-12-22(3)26(23,24)20-13-17(14-21)7-10-19(20)25-4/h5-10,13,15H,11-12H2,1-4H3. The Bertz CT molecular complexity index is 898. The first-order valence-corrected chi connectivity index (χ1v) is 9.87. The van der Waals surface area contributed by atoms with Gasteiger partial charge in [0, 0.05) is 13.6 Å². The number of ether oxygens (including phenoxy) is 1. The number of rotatable bonds is 7. The number of methoxy groups -OCH3 is 1. The van der Waals surface area contributed by atoms with Gasteiger partial charge in [0.15, 0.2) is 0 Å². The molecule has 2 rings (SSSR count). The number of hydrogen-bond donors (Lipinski definition) is 0. The summed E-state index contributed by atoms with van der Waals surface area (Å²) in [6, 6.07) is 14.6. The number of hydrogen-bond acceptors (Lipinski definition) is 4. The Balaban J connectivity index is 2.18. The molecule has 26 heavy (non-hydrogen) atoms. The Morgan fingerprint density at radius 2 is 1.81 bits per heavy atom. The molecule has 0 radical (unpaired) electrons. The van der Waals surface area contributed by atoms with Crippen molar-refractivity contribution in [1.29, 1.82) is 5.26 Å². The molecular formula is C20H24N2O3S. The van der Waals surface area contributed by atoms with Crippen LogP contribution in [0.2, 0.25) is 0 Å². The normalized spacial score (nSPS) is 11.6. The van der Waals surface area contributed by atoms with Gasteiger partial charge in [-0.3, -0.25) is 0 Å². The Hall–Kier alpha value is -2.36. The molecule has 2 aromatic carbocycles. The first-order valence-electron chi connectivity index (χ1n) is 8.43. The maximum Gasteiger partial charge on any atom is 0.246 e. The van der Waals surface area contributed by atoms with Crippen molar-refractivity contribution in [2.24, 2.45) is 0 Å². The van der Waals surface area contributed by atoms with E-state index >= 15 is 0 Å². The summed E-state index contributed by atoms with van der Waals surface area (Å²) >= 11 is 0. The molecule has 0 spiro atoms. The average Bonchev–Trinajstić information content (AvgIpc) is 2.65. The van der Waals surface area contributed by atoms with Gasteiger partial charge in [-0.2, -0.15) is 5.26 Å². The maximum absolute atomic E-state index is 12.9. The van der Waals surface area contributed by atoms with Gasteiger partial charge in [0.2, 0.25) is 10.0 Å². The van der Waals surface area contributed by atoms with Crippen LogP contribution in [0.1, 0.15) is 36.5 Å². The third-order valence-electron chi connectivity index (χ3n) is 4.34. The summed E-state index contributed by atoms with van der Waals surface area (Å²) in [4.78, 5) is 0.0108. The molecule has 138 valence electrons. The van der Waals surface area contributed by atoms with Crippen LogP contribution in [0.25, 0.3) is 0 Å². The molecule has 0 unspecified atom stereocenters. The zero-order valence-electron chi connectivity index (χ0n) is 15.6. The SMILES string of the molecule is COc1ccc(C#N)cc1S(=O)(=O)N(C)CCc1ccc(C(C)C)cc1. The molecule has 0 fully saturated rings. The highest BCUT2D eigenvalue weighted by Gasteiger charge is 2.25. The number of benzene rings is 2. The van der Waals surface area contributed by atoms with Gasteiger partial charge in [0.1, 0.15) is 10.6 Å². The largest absolute Gasteiger partial charge is 0.495 e. The summed E-state index contributed by atoms with van der Waals surface area (Å²) in [5.41, 5.74) is 2.61. The molecule has 0 N–H and O–H groups in total. The van der Waals surface area contributed by atoms with Crippen molar-refractivity contribution in [1.82, 2.24) is 4.31 Å². The summed E-state index contributed by atoms with van der Waals surface area (Å²) < 4.78 is 32.2. The summed E-state index contributed by atoms with van der Waals surface area (Å²) in [7, 11) is -0.797. The van der Waals surface area contributed by atoms with E-state index in [1.165, 1.54) is 42.2 Å². The Kier molecular flexibility index (Phi) is 6.41. The molecule has 0 heterocycles. The average molecular weight is 372 g/mol. The monoisotopic (exact) mass is 372 g/mol. The minimum atomic E-state index is -3.75. The van der Waals surface area contributed by atoms with Gasteiger partial charge in [-0.15, -0.1) is 0 Å². The maximum atomic E-state index is 12.9. The van der Waals surface area contributed by atoms with E-state index in [2.05, 4.69) is 26.0 Å². The molecule has 0 aliphatic heterocycles. The van der Waals surface area contributed by atoms with Crippen LogP contribution in [0.4, 0.5) is 0 Å². The fourth-order valence-electron chi connectivity index (χ4n) is 2.59. The molecule has 0 aliphatic carbocycles. The summed E-state index contributed by atoms with van der Waals surface area (Å²) in [5, 5.41) is 9.04. The molecule has 6 heteroatoms. The summed E-state index contributed by atoms with van der Waals surface area (Å²) in [6.45, 7) is 4.61. The second kappa shape index (κ2) is 8.35. The van der Waals surface area contributed by atoms with E-state index in [9.17, 15) is 8.42 Å². The van der Waals surface area contributed by atoms with Crippen LogP contribution >= 0.6 is 0 Å². The summed E-state index contributed by atoms with van der Waals surface area (Å²) in [6.07, 6.45) is 0.606. The smallest absolute Gasteiger partial charge is 0.246 e. The fraction of sp³-hybridized carbons (Fsp3) is 0.350. The van der Waals surface area contributed by atoms with Gasteiger partial charge >= 0.3 is 0 Å². The lowest BCUT2D eigenvalue weighted by Gasteiger charge is -2.19. The minimum Gasteiger partial charge on any atom is -0.495 e. The van der Waals surface area contributed by atoms with Crippen molar-refractivity contribution in [3.8, 4) is 11.8 Å². The quantitative estimate of drug-likeness (QED) is 0.745. The van der Waals surface area contributed by atoms with Crippen LogP contribution in [-0.4, -0.2) is 33.4 Å². The molecule has 0 amide bonds. The van der Waals surface area contributed by atoms with Crippen LogP contribution < -0.4 is 4.74 Å². The van der Waals surface area contributed by atoms with E-state index in [0.717, 1.165) is 5.56 Å². The predicted molar refractivity (Wildman–Crippen MR) is 102 cm³/mol. The molecule has 5 nitrogen and oxygen atoms in total. The fourth-order valence-corrected chi connectivity index (χ4v) is 3.94. The summed E-state index contributed by atoms with van der Waals surface area (Å²) in [5.74, 6) is 0.698. The molecule has 0 aromatic heterocycles. The number of nitrogens with zero attached hydrogens (tertiary/aromatic N) is 2. The van der Waals surface area contributed by atoms with Gasteiger partial charge in [0.25, 0.3) is 0 Å². The van der Waals surface area contributed by atoms with E-state index in [4.69, 9.17) is 10.00 Å². The zero-order valence-corrected chi connectivity index (χ0v) is 16.4. The van der Waals surface area contributed by atoms with E-state index in [0.29, 0.717) is 18.9 Å². The molecule has 0 saturated heterocycles. The third-order valence-corrected chi connectivity index (χ3v) is 6.22. The van der Waals surface area contributed by atoms with Gasteiger partial charge in [-0.05, 0) is 41.7 Å². The van der Waals surface area contributed by atoms with Crippen molar-refractivity contribution in [2.75, 3.05) is 20.7 Å². The second-order valence-corrected chi connectivity index (χ2v) is 8.46. The lowest BCUT2D eigenvalue weighted by Crippen LogP contribution is -2.29. The first kappa shape index (κ1) is 20.0. The number of sulfonamides is 1. The number of likely N-dealkylation sites (N-methyl/N-ethyl adjacent to an activating group) is 1. The topological polar surface area (TPSA) is 70.4 Å². The first-order chi connectivity index (χ1) is 12.3. The number of nitriles is 1. The third kappa shape index (κ3) is 4.43. The van der Waals surface area contributed by atoms with Crippen molar-refractivity contribution < 1.29 is 13.2 Å². The molecule has 0 aliphatic rings. The molecule has 2 aromatic rings. The van der Waals surface area contributed by atoms with Gasteiger partial charge in [0.05, 0.1) is 18.7 Å². The highest BCUT2D eigenvalue weighted by Crippen LogP contribution is 2.27. The predicted octanol–water partition coefficient (Wildman–Crippen LogP) is 3.55. The van der Waals surface area contributed by atoms with Crippen molar-refractivity contribution in [3.63, 3.8) is 0 Å². The Labute approximate surface area is 155 Å². The van der Waals surface area contributed by atoms with Crippen LogP contribution in [0.5, 0.6) is 5.75 Å². The Morgan fingerprint density at radius 1 is 1.15 bits per heavy atom. The molecule has 0 bridgehead atoms. The van der Waals surface area contributed by atoms with Crippen LogP contribution in [0.3, 0.4) is 0 Å². The van der Waals surface area contributed by atoms with E-state index < -0.39 is 10.0 Å². The lowest BCUT2D eigenvalue weighted by molar-refractivity contribution is 0.398. The molecular weight excluding hydrogens is 348 g/mol. The van der Waals surface area contributed by atoms with Gasteiger partial charge < -0.3 is 4.74 Å². The second-order valence-electron chi connectivity index (χ2n) is 6.45. The molecule has 0 atom stereocenters. The highest BCUT2D eigenvalue weighted by atomic mass is 32.2. The highest BCUT2D eigenvalue weighted by molar-refractivity contribution is 7.89. The Morgan fingerprint density at radius 3 is 2.35 bits per heavy atom. The van der Waals surface area contributed by atoms with Crippen molar-refractivity contribution >= 4 is 10.0 Å². The molecule has 0 saturated carbocycles. The van der Waals surface area contributed by atoms with E-state index in [1.807, 2.05) is 18.2 Å². The van der Waals surface area contributed by atoms with Crippen LogP contribution in [0, 0.1) is 11.3 Å². The van der Waals surface area contributed by atoms with Crippen LogP contribution in [-0.2, 0) is 16.4 Å². The van der Waals surface area contributed by atoms with Crippen LogP contribution in [0.15, 0.2) is 47.4 Å². The van der Waals surface area contributed by atoms with Crippen molar-refractivity contribution in [3.05, 3.63) is 59.2 Å². The van der Waals surface area contributed by atoms with Gasteiger partial charge in [-0.25, -0.2) is 12.7 Å². The van der Waals surface area contributed by atoms with Gasteiger partial charge in [-0.1, -0.05) is 38.1 Å².